The highest BCUT2D eigenvalue weighted by atomic mass is 35.5. The topological polar surface area (TPSA) is 42.4 Å². The number of halogens is 2. The van der Waals surface area contributed by atoms with E-state index in [0.29, 0.717) is 18.9 Å². The summed E-state index contributed by atoms with van der Waals surface area (Å²) in [5.41, 5.74) is 1.37. The number of aromatic nitrogens is 1. The number of pyridine rings is 1. The fourth-order valence-corrected chi connectivity index (χ4v) is 2.70. The second-order valence-electron chi connectivity index (χ2n) is 6.58. The Morgan fingerprint density at radius 3 is 2.44 bits per heavy atom. The number of likely N-dealkylation sites (N-methyl/N-ethyl adjacent to an activating group) is 1. The van der Waals surface area contributed by atoms with Gasteiger partial charge in [-0.2, -0.15) is 0 Å². The number of aryl methyl sites for hydroxylation is 1. The lowest BCUT2D eigenvalue weighted by molar-refractivity contribution is -0.893. The maximum absolute atomic E-state index is 10.2. The molecule has 4 nitrogen and oxygen atoms in total. The Morgan fingerprint density at radius 2 is 1.80 bits per heavy atom. The summed E-state index contributed by atoms with van der Waals surface area (Å²) >= 11 is 0. The molecule has 1 aromatic heterocycles. The van der Waals surface area contributed by atoms with Crippen molar-refractivity contribution in [2.75, 3.05) is 33.8 Å². The van der Waals surface area contributed by atoms with Crippen molar-refractivity contribution >= 4 is 24.8 Å². The van der Waals surface area contributed by atoms with Crippen LogP contribution in [-0.2, 0) is 6.42 Å². The predicted molar refractivity (Wildman–Crippen MR) is 107 cm³/mol. The van der Waals surface area contributed by atoms with E-state index in [0.717, 1.165) is 23.9 Å². The second kappa shape index (κ2) is 12.1. The summed E-state index contributed by atoms with van der Waals surface area (Å²) in [4.78, 5) is 4.00. The van der Waals surface area contributed by atoms with E-state index in [2.05, 4.69) is 43.3 Å². The molecule has 0 bridgehead atoms. The van der Waals surface area contributed by atoms with Crippen molar-refractivity contribution in [1.29, 1.82) is 0 Å². The number of benzene rings is 1. The lowest BCUT2D eigenvalue weighted by Gasteiger charge is -2.31. The van der Waals surface area contributed by atoms with Gasteiger partial charge in [0.25, 0.3) is 0 Å². The standard InChI is InChI=1S/C19H27N2O2.2ClH/c1-21(2,13-7-10-17-8-4-3-5-9-17)15-18(22)16-23-19-11-6-12-20-14-19;;/h3-6,8-9,11-12,14,18,22H,7,10,13,15-16H2,1-2H3;2*1H/q+1;;. The van der Waals surface area contributed by atoms with Crippen molar-refractivity contribution in [2.45, 2.75) is 18.9 Å². The van der Waals surface area contributed by atoms with Crippen LogP contribution in [0.1, 0.15) is 12.0 Å². The summed E-state index contributed by atoms with van der Waals surface area (Å²) in [5.74, 6) is 0.695. The lowest BCUT2D eigenvalue weighted by Crippen LogP contribution is -2.47. The molecule has 25 heavy (non-hydrogen) atoms. The molecule has 6 heteroatoms. The summed E-state index contributed by atoms with van der Waals surface area (Å²) in [6.07, 6.45) is 5.06. The number of aliphatic hydroxyl groups is 1. The van der Waals surface area contributed by atoms with E-state index >= 15 is 0 Å². The SMILES string of the molecule is C[N+](C)(CCCc1ccccc1)CC(O)COc1cccnc1.Cl.Cl. The average molecular weight is 388 g/mol. The molecule has 1 N–H and O–H groups in total. The highest BCUT2D eigenvalue weighted by Gasteiger charge is 2.20. The Morgan fingerprint density at radius 1 is 1.08 bits per heavy atom. The van der Waals surface area contributed by atoms with Crippen LogP contribution in [-0.4, -0.2) is 54.5 Å². The van der Waals surface area contributed by atoms with Crippen LogP contribution in [0.3, 0.4) is 0 Å². The minimum absolute atomic E-state index is 0. The summed E-state index contributed by atoms with van der Waals surface area (Å²) in [5, 5.41) is 10.2. The summed E-state index contributed by atoms with van der Waals surface area (Å²) in [6, 6.07) is 14.2. The first-order valence-corrected chi connectivity index (χ1v) is 8.12. The van der Waals surface area contributed by atoms with Crippen molar-refractivity contribution in [3.05, 3.63) is 60.4 Å². The molecule has 1 unspecified atom stereocenters. The molecule has 1 atom stereocenters. The number of hydrogen-bond acceptors (Lipinski definition) is 3. The lowest BCUT2D eigenvalue weighted by atomic mass is 10.1. The first kappa shape index (κ1) is 23.7. The van der Waals surface area contributed by atoms with Gasteiger partial charge in [-0.3, -0.25) is 4.98 Å². The molecule has 0 aliphatic rings. The molecule has 140 valence electrons. The van der Waals surface area contributed by atoms with Crippen LogP contribution in [0.5, 0.6) is 5.75 Å². The van der Waals surface area contributed by atoms with Gasteiger partial charge in [0.05, 0.1) is 26.8 Å². The molecule has 2 aromatic rings. The molecule has 0 saturated heterocycles. The van der Waals surface area contributed by atoms with Crippen molar-refractivity contribution in [3.63, 3.8) is 0 Å². The molecule has 0 aliphatic carbocycles. The Balaban J connectivity index is 0.00000288. The van der Waals surface area contributed by atoms with Crippen molar-refractivity contribution in [2.24, 2.45) is 0 Å². The Hall–Kier alpha value is -1.33. The molecule has 0 saturated carbocycles. The third-order valence-corrected chi connectivity index (χ3v) is 3.85. The molecule has 0 fully saturated rings. The second-order valence-corrected chi connectivity index (χ2v) is 6.58. The fourth-order valence-electron chi connectivity index (χ4n) is 2.70. The molecule has 0 radical (unpaired) electrons. The smallest absolute Gasteiger partial charge is 0.137 e. The zero-order chi connectivity index (χ0) is 16.5. The van der Waals surface area contributed by atoms with E-state index in [9.17, 15) is 5.11 Å². The molecular weight excluding hydrogens is 359 g/mol. The molecule has 0 amide bonds. The van der Waals surface area contributed by atoms with Crippen LogP contribution >= 0.6 is 24.8 Å². The third kappa shape index (κ3) is 9.66. The Kier molecular flexibility index (Phi) is 11.4. The largest absolute Gasteiger partial charge is 0.489 e. The van der Waals surface area contributed by atoms with Gasteiger partial charge in [0.1, 0.15) is 25.0 Å². The zero-order valence-corrected chi connectivity index (χ0v) is 16.5. The van der Waals surface area contributed by atoms with Gasteiger partial charge in [-0.25, -0.2) is 0 Å². The van der Waals surface area contributed by atoms with E-state index in [1.54, 1.807) is 12.4 Å². The van der Waals surface area contributed by atoms with Crippen LogP contribution in [0.4, 0.5) is 0 Å². The van der Waals surface area contributed by atoms with Gasteiger partial charge in [0.15, 0.2) is 0 Å². The first-order valence-electron chi connectivity index (χ1n) is 8.12. The monoisotopic (exact) mass is 387 g/mol. The zero-order valence-electron chi connectivity index (χ0n) is 14.9. The number of rotatable bonds is 9. The quantitative estimate of drug-likeness (QED) is 0.670. The molecule has 1 aromatic carbocycles. The summed E-state index contributed by atoms with van der Waals surface area (Å²) < 4.78 is 6.35. The highest BCUT2D eigenvalue weighted by molar-refractivity contribution is 5.85. The summed E-state index contributed by atoms with van der Waals surface area (Å²) in [6.45, 7) is 2.00. The minimum Gasteiger partial charge on any atom is -0.489 e. The minimum atomic E-state index is -0.484. The van der Waals surface area contributed by atoms with Crippen LogP contribution in [0.25, 0.3) is 0 Å². The third-order valence-electron chi connectivity index (χ3n) is 3.85. The fraction of sp³-hybridized carbons (Fsp3) is 0.421. The molecule has 2 rings (SSSR count). The number of hydrogen-bond donors (Lipinski definition) is 1. The van der Waals surface area contributed by atoms with Crippen molar-refractivity contribution in [1.82, 2.24) is 4.98 Å². The summed E-state index contributed by atoms with van der Waals surface area (Å²) in [7, 11) is 4.30. The maximum Gasteiger partial charge on any atom is 0.137 e. The van der Waals surface area contributed by atoms with E-state index in [1.165, 1.54) is 5.56 Å². The molecule has 0 spiro atoms. The Bertz CT molecular complexity index is 568. The number of quaternary nitrogens is 1. The van der Waals surface area contributed by atoms with Crippen molar-refractivity contribution in [3.8, 4) is 5.75 Å². The van der Waals surface area contributed by atoms with Gasteiger partial charge in [-0.15, -0.1) is 24.8 Å². The van der Waals surface area contributed by atoms with Crippen LogP contribution in [0, 0.1) is 0 Å². The number of nitrogens with zero attached hydrogens (tertiary/aromatic N) is 2. The first-order chi connectivity index (χ1) is 11.1. The average Bonchev–Trinajstić information content (AvgIpc) is 2.54. The Labute approximate surface area is 163 Å². The predicted octanol–water partition coefficient (Wildman–Crippen LogP) is 3.37. The van der Waals surface area contributed by atoms with Gasteiger partial charge in [0.2, 0.25) is 0 Å². The van der Waals surface area contributed by atoms with Gasteiger partial charge >= 0.3 is 0 Å². The van der Waals surface area contributed by atoms with Gasteiger partial charge < -0.3 is 14.3 Å². The maximum atomic E-state index is 10.2. The van der Waals surface area contributed by atoms with Crippen LogP contribution < -0.4 is 4.74 Å². The number of ether oxygens (including phenoxy) is 1. The van der Waals surface area contributed by atoms with Crippen LogP contribution in [0.15, 0.2) is 54.9 Å². The van der Waals surface area contributed by atoms with E-state index in [-0.39, 0.29) is 24.8 Å². The van der Waals surface area contributed by atoms with E-state index < -0.39 is 6.10 Å². The molecule has 0 aliphatic heterocycles. The normalized spacial score (nSPS) is 11.8. The highest BCUT2D eigenvalue weighted by Crippen LogP contribution is 2.10. The van der Waals surface area contributed by atoms with Gasteiger partial charge in [-0.05, 0) is 24.1 Å². The van der Waals surface area contributed by atoms with E-state index in [4.69, 9.17) is 4.74 Å². The van der Waals surface area contributed by atoms with Gasteiger partial charge in [0, 0.05) is 12.6 Å². The molecular formula is C19H29Cl2N2O2+. The van der Waals surface area contributed by atoms with Crippen molar-refractivity contribution < 1.29 is 14.3 Å². The van der Waals surface area contributed by atoms with Crippen LogP contribution in [0.2, 0.25) is 0 Å². The number of aliphatic hydroxyl groups excluding tert-OH is 1. The van der Waals surface area contributed by atoms with E-state index in [1.807, 2.05) is 18.2 Å². The van der Waals surface area contributed by atoms with Gasteiger partial charge in [-0.1, -0.05) is 30.3 Å². The molecule has 1 heterocycles.